The predicted octanol–water partition coefficient (Wildman–Crippen LogP) is 3.26. The van der Waals surface area contributed by atoms with Gasteiger partial charge in [-0.25, -0.2) is 14.8 Å². The van der Waals surface area contributed by atoms with Crippen LogP contribution in [0.1, 0.15) is 63.9 Å². The number of amides is 3. The van der Waals surface area contributed by atoms with Crippen molar-refractivity contribution in [3.63, 3.8) is 0 Å². The highest BCUT2D eigenvalue weighted by Gasteiger charge is 2.32. The van der Waals surface area contributed by atoms with Crippen molar-refractivity contribution in [2.75, 3.05) is 50.8 Å². The Bertz CT molecular complexity index is 1280. The first-order valence-corrected chi connectivity index (χ1v) is 15.0. The minimum absolute atomic E-state index is 0.0488. The topological polar surface area (TPSA) is 134 Å². The predicted molar refractivity (Wildman–Crippen MR) is 160 cm³/mol. The molecule has 0 radical (unpaired) electrons. The second-order valence-corrected chi connectivity index (χ2v) is 11.7. The maximum atomic E-state index is 13.7. The maximum absolute atomic E-state index is 13.7. The van der Waals surface area contributed by atoms with Crippen LogP contribution in [0.3, 0.4) is 0 Å². The number of piperazine rings is 1. The van der Waals surface area contributed by atoms with Gasteiger partial charge in [0, 0.05) is 57.3 Å². The van der Waals surface area contributed by atoms with E-state index in [9.17, 15) is 19.2 Å². The van der Waals surface area contributed by atoms with Crippen LogP contribution >= 0.6 is 0 Å². The van der Waals surface area contributed by atoms with E-state index >= 15 is 0 Å². The van der Waals surface area contributed by atoms with Gasteiger partial charge in [0.05, 0.1) is 6.61 Å². The summed E-state index contributed by atoms with van der Waals surface area (Å²) >= 11 is 0. The number of nitrogens with zero attached hydrogens (tertiary/aromatic N) is 5. The number of ether oxygens (including phenoxy) is 2. The highest BCUT2D eigenvalue weighted by Crippen LogP contribution is 2.23. The third-order valence-electron chi connectivity index (χ3n) is 7.19. The molecule has 4 rings (SSSR count). The van der Waals surface area contributed by atoms with Crippen molar-refractivity contribution in [1.82, 2.24) is 25.1 Å². The van der Waals surface area contributed by atoms with Crippen LogP contribution in [0.2, 0.25) is 0 Å². The Labute approximate surface area is 252 Å². The zero-order valence-corrected chi connectivity index (χ0v) is 25.5. The number of nitrogens with one attached hydrogen (secondary N) is 1. The normalized spacial score (nSPS) is 16.0. The van der Waals surface area contributed by atoms with Crippen LogP contribution in [0.5, 0.6) is 0 Å². The van der Waals surface area contributed by atoms with Gasteiger partial charge in [-0.2, -0.15) is 0 Å². The molecule has 0 saturated carbocycles. The fraction of sp³-hybridized carbons (Fsp3) is 0.548. The van der Waals surface area contributed by atoms with E-state index in [2.05, 4.69) is 15.2 Å². The minimum atomic E-state index is -1.00. The van der Waals surface area contributed by atoms with Gasteiger partial charge in [0.2, 0.25) is 5.91 Å². The van der Waals surface area contributed by atoms with Gasteiger partial charge in [0.15, 0.2) is 5.82 Å². The second-order valence-electron chi connectivity index (χ2n) is 11.7. The van der Waals surface area contributed by atoms with E-state index in [0.717, 1.165) is 31.5 Å². The van der Waals surface area contributed by atoms with E-state index in [1.54, 1.807) is 43.6 Å². The molecular formula is C31H42N6O6. The lowest BCUT2D eigenvalue weighted by atomic mass is 10.1. The molecular weight excluding hydrogens is 552 g/mol. The largest absolute Gasteiger partial charge is 0.460 e. The van der Waals surface area contributed by atoms with E-state index in [1.807, 2.05) is 30.3 Å². The number of anilines is 1. The summed E-state index contributed by atoms with van der Waals surface area (Å²) in [5.74, 6) is -0.258. The van der Waals surface area contributed by atoms with E-state index in [0.29, 0.717) is 24.7 Å². The number of aromatic nitrogens is 2. The van der Waals surface area contributed by atoms with Gasteiger partial charge >= 0.3 is 12.1 Å². The maximum Gasteiger partial charge on any atom is 0.409 e. The average Bonchev–Trinajstić information content (AvgIpc) is 3.54. The van der Waals surface area contributed by atoms with Crippen LogP contribution in [0, 0.1) is 0 Å². The monoisotopic (exact) mass is 594 g/mol. The first-order chi connectivity index (χ1) is 20.5. The molecule has 1 aromatic heterocycles. The summed E-state index contributed by atoms with van der Waals surface area (Å²) in [5.41, 5.74) is 0.233. The molecule has 1 atom stereocenters. The van der Waals surface area contributed by atoms with Crippen LogP contribution in [0.15, 0.2) is 36.4 Å². The van der Waals surface area contributed by atoms with Crippen LogP contribution < -0.4 is 10.2 Å². The molecule has 232 valence electrons. The van der Waals surface area contributed by atoms with Gasteiger partial charge in [-0.3, -0.25) is 14.4 Å². The van der Waals surface area contributed by atoms with Gasteiger partial charge in [-0.1, -0.05) is 30.3 Å². The average molecular weight is 595 g/mol. The number of rotatable bonds is 9. The fourth-order valence-corrected chi connectivity index (χ4v) is 5.06. The van der Waals surface area contributed by atoms with Crippen molar-refractivity contribution in [2.24, 2.45) is 0 Å². The Morgan fingerprint density at radius 2 is 1.58 bits per heavy atom. The van der Waals surface area contributed by atoms with Gasteiger partial charge < -0.3 is 29.5 Å². The van der Waals surface area contributed by atoms with E-state index in [1.165, 1.54) is 0 Å². The summed E-state index contributed by atoms with van der Waals surface area (Å²) in [6.45, 7) is 10.2. The summed E-state index contributed by atoms with van der Waals surface area (Å²) in [7, 11) is 0. The zero-order chi connectivity index (χ0) is 31.0. The number of hydrogen-bond donors (Lipinski definition) is 1. The lowest BCUT2D eigenvalue weighted by Gasteiger charge is -2.36. The van der Waals surface area contributed by atoms with Crippen LogP contribution in [-0.2, 0) is 19.1 Å². The second kappa shape index (κ2) is 14.3. The van der Waals surface area contributed by atoms with Crippen molar-refractivity contribution < 1.29 is 28.7 Å². The van der Waals surface area contributed by atoms with Crippen molar-refractivity contribution in [3.8, 4) is 11.4 Å². The number of carbonyl (C=O) groups is 4. The Morgan fingerprint density at radius 1 is 0.930 bits per heavy atom. The van der Waals surface area contributed by atoms with Crippen molar-refractivity contribution in [2.45, 2.75) is 65.0 Å². The van der Waals surface area contributed by atoms with Gasteiger partial charge in [0.1, 0.15) is 23.2 Å². The molecule has 2 aliphatic heterocycles. The smallest absolute Gasteiger partial charge is 0.409 e. The molecule has 0 unspecified atom stereocenters. The summed E-state index contributed by atoms with van der Waals surface area (Å²) in [4.78, 5) is 66.7. The molecule has 0 spiro atoms. The Balaban J connectivity index is 1.55. The van der Waals surface area contributed by atoms with Crippen molar-refractivity contribution in [1.29, 1.82) is 0 Å². The molecule has 2 aliphatic rings. The summed E-state index contributed by atoms with van der Waals surface area (Å²) in [6.07, 6.45) is 1.65. The lowest BCUT2D eigenvalue weighted by Crippen LogP contribution is -2.56. The number of hydrogen-bond acceptors (Lipinski definition) is 9. The minimum Gasteiger partial charge on any atom is -0.460 e. The highest BCUT2D eigenvalue weighted by atomic mass is 16.6. The van der Waals surface area contributed by atoms with Crippen LogP contribution in [0.25, 0.3) is 11.4 Å². The first-order valence-electron chi connectivity index (χ1n) is 15.0. The standard InChI is InChI=1S/C31H42N6O6/c1-5-42-30(41)37-19-17-36(18-20-37)29(40)23(13-14-26(38)43-31(2,3)4)33-28(39)24-21-25(35-15-9-10-16-35)34-27(32-24)22-11-7-6-8-12-22/h6-8,11-12,21,23H,5,9-10,13-20H2,1-4H3,(H,33,39)/t23-/m0/s1. The molecule has 12 heteroatoms. The molecule has 43 heavy (non-hydrogen) atoms. The Hall–Kier alpha value is -4.22. The molecule has 3 amide bonds. The molecule has 1 N–H and O–H groups in total. The SMILES string of the molecule is CCOC(=O)N1CCN(C(=O)[C@H](CCC(=O)OC(C)(C)C)NC(=O)c2cc(N3CCCC3)nc(-c3ccccc3)n2)CC1. The van der Waals surface area contributed by atoms with Crippen molar-refractivity contribution in [3.05, 3.63) is 42.1 Å². The number of esters is 1. The lowest BCUT2D eigenvalue weighted by molar-refractivity contribution is -0.155. The molecule has 0 aliphatic carbocycles. The number of carbonyl (C=O) groups excluding carboxylic acids is 4. The third kappa shape index (κ3) is 8.89. The van der Waals surface area contributed by atoms with Crippen molar-refractivity contribution >= 4 is 29.7 Å². The first kappa shape index (κ1) is 31.7. The molecule has 3 heterocycles. The third-order valence-corrected chi connectivity index (χ3v) is 7.19. The molecule has 0 bridgehead atoms. The van der Waals surface area contributed by atoms with E-state index in [-0.39, 0.29) is 44.1 Å². The fourth-order valence-electron chi connectivity index (χ4n) is 5.06. The van der Waals surface area contributed by atoms with Crippen LogP contribution in [0.4, 0.5) is 10.6 Å². The van der Waals surface area contributed by atoms with E-state index in [4.69, 9.17) is 14.5 Å². The molecule has 2 fully saturated rings. The van der Waals surface area contributed by atoms with Gasteiger partial charge in [-0.05, 0) is 47.0 Å². The summed E-state index contributed by atoms with van der Waals surface area (Å²) in [5, 5.41) is 2.85. The van der Waals surface area contributed by atoms with Crippen LogP contribution in [-0.4, -0.2) is 101 Å². The van der Waals surface area contributed by atoms with E-state index < -0.39 is 29.6 Å². The summed E-state index contributed by atoms with van der Waals surface area (Å²) in [6, 6.07) is 10.1. The zero-order valence-electron chi connectivity index (χ0n) is 25.5. The van der Waals surface area contributed by atoms with Gasteiger partial charge in [0.25, 0.3) is 5.91 Å². The molecule has 2 saturated heterocycles. The molecule has 1 aromatic carbocycles. The quantitative estimate of drug-likeness (QED) is 0.434. The number of benzene rings is 1. The molecule has 2 aromatic rings. The Kier molecular flexibility index (Phi) is 10.5. The highest BCUT2D eigenvalue weighted by molar-refractivity contribution is 5.97. The van der Waals surface area contributed by atoms with Gasteiger partial charge in [-0.15, -0.1) is 0 Å². The Morgan fingerprint density at radius 3 is 2.21 bits per heavy atom. The molecule has 12 nitrogen and oxygen atoms in total. The summed E-state index contributed by atoms with van der Waals surface area (Å²) < 4.78 is 10.5.